The predicted molar refractivity (Wildman–Crippen MR) is 90.5 cm³/mol. The van der Waals surface area contributed by atoms with Crippen LogP contribution in [0.25, 0.3) is 5.69 Å². The van der Waals surface area contributed by atoms with Gasteiger partial charge in [-0.05, 0) is 51.0 Å². The summed E-state index contributed by atoms with van der Waals surface area (Å²) in [6, 6.07) is 6.40. The predicted octanol–water partition coefficient (Wildman–Crippen LogP) is 2.12. The molecule has 128 valence electrons. The molecule has 0 bridgehead atoms. The Hall–Kier alpha value is -2.21. The average Bonchev–Trinajstić information content (AvgIpc) is 2.84. The molecular weight excluding hydrogens is 307 g/mol. The first-order chi connectivity index (χ1) is 11.5. The quantitative estimate of drug-likeness (QED) is 0.937. The third-order valence-electron chi connectivity index (χ3n) is 4.73. The fourth-order valence-corrected chi connectivity index (χ4v) is 3.18. The molecule has 1 amide bonds. The van der Waals surface area contributed by atoms with E-state index in [4.69, 9.17) is 5.73 Å². The number of piperidine rings is 1. The highest BCUT2D eigenvalue weighted by molar-refractivity contribution is 5.79. The molecule has 2 heterocycles. The highest BCUT2D eigenvalue weighted by atomic mass is 19.1. The molecule has 0 aliphatic carbocycles. The number of nitrogens with zero attached hydrogens (tertiary/aromatic N) is 3. The van der Waals surface area contributed by atoms with Crippen LogP contribution in [0.2, 0.25) is 0 Å². The van der Waals surface area contributed by atoms with E-state index in [9.17, 15) is 9.18 Å². The van der Waals surface area contributed by atoms with E-state index in [2.05, 4.69) is 5.10 Å². The summed E-state index contributed by atoms with van der Waals surface area (Å²) in [5.74, 6) is -0.161. The van der Waals surface area contributed by atoms with Crippen LogP contribution in [0, 0.1) is 19.7 Å². The van der Waals surface area contributed by atoms with Crippen molar-refractivity contribution in [3.8, 4) is 5.69 Å². The Morgan fingerprint density at radius 3 is 2.50 bits per heavy atom. The van der Waals surface area contributed by atoms with Crippen molar-refractivity contribution in [1.29, 1.82) is 0 Å². The number of hydrogen-bond acceptors (Lipinski definition) is 3. The molecule has 0 saturated carbocycles. The van der Waals surface area contributed by atoms with Gasteiger partial charge < -0.3 is 10.6 Å². The molecular formula is C18H23FN4O. The largest absolute Gasteiger partial charge is 0.342 e. The van der Waals surface area contributed by atoms with Crippen LogP contribution in [0.3, 0.4) is 0 Å². The Labute approximate surface area is 141 Å². The first kappa shape index (κ1) is 16.6. The second-order valence-electron chi connectivity index (χ2n) is 6.43. The Balaban J connectivity index is 1.79. The third-order valence-corrected chi connectivity index (χ3v) is 4.73. The van der Waals surface area contributed by atoms with Gasteiger partial charge in [-0.3, -0.25) is 4.79 Å². The Morgan fingerprint density at radius 2 is 1.88 bits per heavy atom. The Morgan fingerprint density at radius 1 is 1.25 bits per heavy atom. The van der Waals surface area contributed by atoms with Crippen molar-refractivity contribution in [1.82, 2.24) is 14.7 Å². The summed E-state index contributed by atoms with van der Waals surface area (Å²) in [5, 5.41) is 4.52. The van der Waals surface area contributed by atoms with Gasteiger partial charge >= 0.3 is 0 Å². The zero-order valence-corrected chi connectivity index (χ0v) is 14.1. The van der Waals surface area contributed by atoms with Crippen molar-refractivity contribution >= 4 is 5.91 Å². The summed E-state index contributed by atoms with van der Waals surface area (Å²) in [6.07, 6.45) is 2.06. The molecule has 6 heteroatoms. The van der Waals surface area contributed by atoms with Crippen LogP contribution >= 0.6 is 0 Å². The minimum atomic E-state index is -0.279. The highest BCUT2D eigenvalue weighted by Crippen LogP contribution is 2.20. The number of aromatic nitrogens is 2. The van der Waals surface area contributed by atoms with E-state index in [0.717, 1.165) is 48.6 Å². The number of halogens is 1. The van der Waals surface area contributed by atoms with Crippen molar-refractivity contribution in [2.45, 2.75) is 39.2 Å². The molecule has 24 heavy (non-hydrogen) atoms. The van der Waals surface area contributed by atoms with E-state index in [1.54, 1.807) is 16.8 Å². The maximum Gasteiger partial charge on any atom is 0.227 e. The van der Waals surface area contributed by atoms with E-state index in [-0.39, 0.29) is 17.8 Å². The Bertz CT molecular complexity index is 730. The number of benzene rings is 1. The molecule has 2 N–H and O–H groups in total. The second kappa shape index (κ2) is 6.73. The minimum Gasteiger partial charge on any atom is -0.342 e. The van der Waals surface area contributed by atoms with E-state index >= 15 is 0 Å². The molecule has 0 unspecified atom stereocenters. The third kappa shape index (κ3) is 3.33. The average molecular weight is 330 g/mol. The van der Waals surface area contributed by atoms with Gasteiger partial charge in [0.25, 0.3) is 0 Å². The zero-order chi connectivity index (χ0) is 17.3. The van der Waals surface area contributed by atoms with Gasteiger partial charge in [0, 0.05) is 30.4 Å². The molecule has 1 aliphatic rings. The summed E-state index contributed by atoms with van der Waals surface area (Å²) in [6.45, 7) is 5.30. The van der Waals surface area contributed by atoms with Crippen molar-refractivity contribution in [2.75, 3.05) is 13.1 Å². The van der Waals surface area contributed by atoms with Crippen molar-refractivity contribution in [3.05, 3.63) is 47.0 Å². The number of likely N-dealkylation sites (tertiary alicyclic amines) is 1. The zero-order valence-electron chi connectivity index (χ0n) is 14.1. The molecule has 2 aromatic rings. The van der Waals surface area contributed by atoms with E-state index in [1.807, 2.05) is 18.7 Å². The number of amides is 1. The Kier molecular flexibility index (Phi) is 4.66. The molecule has 1 aromatic carbocycles. The summed E-state index contributed by atoms with van der Waals surface area (Å²) in [4.78, 5) is 14.5. The van der Waals surface area contributed by atoms with Crippen LogP contribution in [0.15, 0.2) is 24.3 Å². The van der Waals surface area contributed by atoms with Crippen molar-refractivity contribution < 1.29 is 9.18 Å². The maximum absolute atomic E-state index is 13.1. The van der Waals surface area contributed by atoms with Crippen LogP contribution in [-0.4, -0.2) is 39.7 Å². The van der Waals surface area contributed by atoms with Crippen molar-refractivity contribution in [3.63, 3.8) is 0 Å². The highest BCUT2D eigenvalue weighted by Gasteiger charge is 2.23. The number of carbonyl (C=O) groups is 1. The van der Waals surface area contributed by atoms with Crippen LogP contribution in [-0.2, 0) is 11.2 Å². The van der Waals surface area contributed by atoms with Crippen LogP contribution in [0.5, 0.6) is 0 Å². The number of aryl methyl sites for hydroxylation is 1. The van der Waals surface area contributed by atoms with E-state index < -0.39 is 0 Å². The summed E-state index contributed by atoms with van der Waals surface area (Å²) < 4.78 is 14.9. The number of carbonyl (C=O) groups excluding carboxylic acids is 1. The molecule has 3 rings (SSSR count). The molecule has 0 radical (unpaired) electrons. The molecule has 1 fully saturated rings. The lowest BCUT2D eigenvalue weighted by molar-refractivity contribution is -0.131. The summed E-state index contributed by atoms with van der Waals surface area (Å²) >= 11 is 0. The van der Waals surface area contributed by atoms with Gasteiger partial charge in [-0.15, -0.1) is 0 Å². The van der Waals surface area contributed by atoms with Gasteiger partial charge in [0.15, 0.2) is 0 Å². The monoisotopic (exact) mass is 330 g/mol. The maximum atomic E-state index is 13.1. The van der Waals surface area contributed by atoms with Crippen molar-refractivity contribution in [2.24, 2.45) is 5.73 Å². The number of nitrogens with two attached hydrogens (primary N) is 1. The number of hydrogen-bond donors (Lipinski definition) is 1. The topological polar surface area (TPSA) is 64.2 Å². The lowest BCUT2D eigenvalue weighted by atomic mass is 10.0. The summed E-state index contributed by atoms with van der Waals surface area (Å²) in [7, 11) is 0. The van der Waals surface area contributed by atoms with Crippen LogP contribution < -0.4 is 5.73 Å². The fraction of sp³-hybridized carbons (Fsp3) is 0.444. The van der Waals surface area contributed by atoms with Gasteiger partial charge in [0.2, 0.25) is 5.91 Å². The smallest absolute Gasteiger partial charge is 0.227 e. The summed E-state index contributed by atoms with van der Waals surface area (Å²) in [5.41, 5.74) is 9.38. The molecule has 1 saturated heterocycles. The van der Waals surface area contributed by atoms with Gasteiger partial charge in [-0.2, -0.15) is 5.10 Å². The standard InChI is InChI=1S/C18H23FN4O/c1-12-17(11-18(24)22-9-7-15(20)8-10-22)13(2)23(21-12)16-5-3-14(19)4-6-16/h3-6,15H,7-11,20H2,1-2H3. The molecule has 1 aliphatic heterocycles. The first-order valence-electron chi connectivity index (χ1n) is 8.30. The molecule has 5 nitrogen and oxygen atoms in total. The molecule has 0 atom stereocenters. The first-order valence-corrected chi connectivity index (χ1v) is 8.30. The van der Waals surface area contributed by atoms with E-state index in [0.29, 0.717) is 6.42 Å². The normalized spacial score (nSPS) is 15.8. The van der Waals surface area contributed by atoms with Gasteiger partial charge in [0.1, 0.15) is 5.82 Å². The van der Waals surface area contributed by atoms with Gasteiger partial charge in [0.05, 0.1) is 17.8 Å². The second-order valence-corrected chi connectivity index (χ2v) is 6.43. The van der Waals surface area contributed by atoms with E-state index in [1.165, 1.54) is 12.1 Å². The van der Waals surface area contributed by atoms with Gasteiger partial charge in [-0.1, -0.05) is 0 Å². The number of rotatable bonds is 3. The molecule has 0 spiro atoms. The molecule has 1 aromatic heterocycles. The minimum absolute atomic E-state index is 0.117. The SMILES string of the molecule is Cc1nn(-c2ccc(F)cc2)c(C)c1CC(=O)N1CCC(N)CC1. The van der Waals surface area contributed by atoms with Gasteiger partial charge in [-0.25, -0.2) is 9.07 Å². The lowest BCUT2D eigenvalue weighted by Gasteiger charge is -2.30. The fourth-order valence-electron chi connectivity index (χ4n) is 3.18. The van der Waals surface area contributed by atoms with Crippen LogP contribution in [0.1, 0.15) is 29.8 Å². The lowest BCUT2D eigenvalue weighted by Crippen LogP contribution is -2.43. The van der Waals surface area contributed by atoms with Crippen LogP contribution in [0.4, 0.5) is 4.39 Å².